The van der Waals surface area contributed by atoms with Crippen LogP contribution in [0.2, 0.25) is 0 Å². The Morgan fingerprint density at radius 3 is 2.83 bits per heavy atom. The van der Waals surface area contributed by atoms with Crippen molar-refractivity contribution in [3.63, 3.8) is 0 Å². The Hall–Kier alpha value is -2.60. The molecule has 3 heterocycles. The van der Waals surface area contributed by atoms with Crippen LogP contribution in [0, 0.1) is 0 Å². The van der Waals surface area contributed by atoms with Gasteiger partial charge in [0.05, 0.1) is 13.2 Å². The summed E-state index contributed by atoms with van der Waals surface area (Å²) in [6, 6.07) is 6.45. The summed E-state index contributed by atoms with van der Waals surface area (Å²) in [6.45, 7) is 10.4. The van der Waals surface area contributed by atoms with Gasteiger partial charge in [-0.25, -0.2) is 4.79 Å². The number of hydrogen-bond acceptors (Lipinski definition) is 4. The highest BCUT2D eigenvalue weighted by molar-refractivity contribution is 6.07. The van der Waals surface area contributed by atoms with Gasteiger partial charge >= 0.3 is 6.03 Å². The Morgan fingerprint density at radius 2 is 2.10 bits per heavy atom. The van der Waals surface area contributed by atoms with E-state index in [0.29, 0.717) is 19.4 Å². The van der Waals surface area contributed by atoms with Gasteiger partial charge in [-0.2, -0.15) is 0 Å². The second-order valence-electron chi connectivity index (χ2n) is 8.33. The first-order valence-electron chi connectivity index (χ1n) is 10.4. The van der Waals surface area contributed by atoms with Crippen molar-refractivity contribution in [2.24, 2.45) is 0 Å². The van der Waals surface area contributed by atoms with Crippen LogP contribution in [0.5, 0.6) is 5.75 Å². The number of nitrogens with zero attached hydrogens (tertiary/aromatic N) is 2. The number of amides is 3. The monoisotopic (exact) mass is 395 g/mol. The van der Waals surface area contributed by atoms with Gasteiger partial charge in [0.25, 0.3) is 5.91 Å². The average Bonchev–Trinajstić information content (AvgIpc) is 3.27. The molecule has 4 rings (SSSR count). The van der Waals surface area contributed by atoms with Gasteiger partial charge in [0.1, 0.15) is 11.3 Å². The van der Waals surface area contributed by atoms with E-state index in [1.54, 1.807) is 6.08 Å². The summed E-state index contributed by atoms with van der Waals surface area (Å²) in [5.74, 6) is 0.900. The molecule has 0 bridgehead atoms. The van der Waals surface area contributed by atoms with Crippen molar-refractivity contribution in [3.8, 4) is 5.75 Å². The molecule has 1 atom stereocenters. The van der Waals surface area contributed by atoms with E-state index in [4.69, 9.17) is 4.74 Å². The molecule has 2 fully saturated rings. The summed E-state index contributed by atoms with van der Waals surface area (Å²) in [4.78, 5) is 29.2. The van der Waals surface area contributed by atoms with Gasteiger partial charge in [-0.05, 0) is 43.9 Å². The molecule has 1 aromatic carbocycles. The number of carbonyl (C=O) groups is 2. The third kappa shape index (κ3) is 3.57. The highest BCUT2D eigenvalue weighted by Crippen LogP contribution is 2.35. The predicted octanol–water partition coefficient (Wildman–Crippen LogP) is 3.20. The Kier molecular flexibility index (Phi) is 5.21. The molecule has 1 aromatic rings. The molecule has 1 unspecified atom stereocenters. The van der Waals surface area contributed by atoms with Gasteiger partial charge in [0.15, 0.2) is 0 Å². The van der Waals surface area contributed by atoms with E-state index >= 15 is 0 Å². The fraction of sp³-hybridized carbons (Fsp3) is 0.478. The molecule has 3 aliphatic heterocycles. The Balaban J connectivity index is 1.42. The van der Waals surface area contributed by atoms with Crippen LogP contribution < -0.4 is 10.1 Å². The zero-order valence-corrected chi connectivity index (χ0v) is 17.2. The van der Waals surface area contributed by atoms with Crippen molar-refractivity contribution < 1.29 is 14.3 Å². The normalized spacial score (nSPS) is 22.4. The quantitative estimate of drug-likeness (QED) is 0.614. The minimum atomic E-state index is -0.761. The van der Waals surface area contributed by atoms with E-state index in [1.165, 1.54) is 16.0 Å². The van der Waals surface area contributed by atoms with Crippen LogP contribution in [0.25, 0.3) is 0 Å². The SMILES string of the molecule is C=C/C=C(\C)CN1C(=O)NC2(CCN(C(C)c3ccc4c(c3)OCC4)CC2)C1=O. The zero-order valence-electron chi connectivity index (χ0n) is 17.2. The number of imide groups is 1. The summed E-state index contributed by atoms with van der Waals surface area (Å²) in [7, 11) is 0. The fourth-order valence-electron chi connectivity index (χ4n) is 4.61. The molecule has 0 saturated carbocycles. The lowest BCUT2D eigenvalue weighted by atomic mass is 9.86. The lowest BCUT2D eigenvalue weighted by molar-refractivity contribution is -0.132. The van der Waals surface area contributed by atoms with Crippen molar-refractivity contribution in [1.29, 1.82) is 0 Å². The maximum absolute atomic E-state index is 13.1. The highest BCUT2D eigenvalue weighted by atomic mass is 16.5. The first-order chi connectivity index (χ1) is 13.9. The lowest BCUT2D eigenvalue weighted by Gasteiger charge is -2.40. The van der Waals surface area contributed by atoms with Crippen LogP contribution in [0.3, 0.4) is 0 Å². The van der Waals surface area contributed by atoms with Crippen molar-refractivity contribution >= 4 is 11.9 Å². The first kappa shape index (κ1) is 19.7. The molecular weight excluding hydrogens is 366 g/mol. The summed E-state index contributed by atoms with van der Waals surface area (Å²) < 4.78 is 5.71. The summed E-state index contributed by atoms with van der Waals surface area (Å²) >= 11 is 0. The molecule has 0 aliphatic carbocycles. The largest absolute Gasteiger partial charge is 0.493 e. The van der Waals surface area contributed by atoms with E-state index < -0.39 is 5.54 Å². The first-order valence-corrected chi connectivity index (χ1v) is 10.4. The van der Waals surface area contributed by atoms with Gasteiger partial charge in [0, 0.05) is 25.6 Å². The molecule has 0 radical (unpaired) electrons. The van der Waals surface area contributed by atoms with Crippen molar-refractivity contribution in [2.45, 2.75) is 44.7 Å². The number of urea groups is 1. The van der Waals surface area contributed by atoms with E-state index in [2.05, 4.69) is 41.9 Å². The van der Waals surface area contributed by atoms with Crippen molar-refractivity contribution in [3.05, 3.63) is 53.6 Å². The number of nitrogens with one attached hydrogen (secondary N) is 1. The average molecular weight is 396 g/mol. The maximum atomic E-state index is 13.1. The number of piperidine rings is 1. The van der Waals surface area contributed by atoms with Crippen molar-refractivity contribution in [2.75, 3.05) is 26.2 Å². The molecule has 2 saturated heterocycles. The summed E-state index contributed by atoms with van der Waals surface area (Å²) in [5, 5.41) is 2.99. The van der Waals surface area contributed by atoms with Crippen LogP contribution in [-0.4, -0.2) is 53.5 Å². The number of carbonyl (C=O) groups excluding carboxylic acids is 2. The predicted molar refractivity (Wildman–Crippen MR) is 112 cm³/mol. The Labute approximate surface area is 172 Å². The van der Waals surface area contributed by atoms with Crippen LogP contribution in [-0.2, 0) is 11.2 Å². The van der Waals surface area contributed by atoms with Gasteiger partial charge in [0.2, 0.25) is 0 Å². The molecule has 0 aromatic heterocycles. The van der Waals surface area contributed by atoms with Gasteiger partial charge < -0.3 is 10.1 Å². The number of allylic oxidation sites excluding steroid dienone is 2. The summed E-state index contributed by atoms with van der Waals surface area (Å²) in [5.41, 5.74) is 2.68. The Bertz CT molecular complexity index is 868. The molecular formula is C23H29N3O3. The maximum Gasteiger partial charge on any atom is 0.325 e. The molecule has 6 heteroatoms. The van der Waals surface area contributed by atoms with Crippen LogP contribution in [0.15, 0.2) is 42.5 Å². The van der Waals surface area contributed by atoms with E-state index in [0.717, 1.165) is 37.4 Å². The zero-order chi connectivity index (χ0) is 20.6. The molecule has 6 nitrogen and oxygen atoms in total. The summed E-state index contributed by atoms with van der Waals surface area (Å²) in [6.07, 6.45) is 5.74. The van der Waals surface area contributed by atoms with E-state index in [1.807, 2.05) is 13.0 Å². The number of hydrogen-bond donors (Lipinski definition) is 1. The topological polar surface area (TPSA) is 61.9 Å². The molecule has 1 N–H and O–H groups in total. The third-order valence-corrected chi connectivity index (χ3v) is 6.46. The van der Waals surface area contributed by atoms with Crippen LogP contribution in [0.4, 0.5) is 4.79 Å². The molecule has 1 spiro atoms. The second-order valence-corrected chi connectivity index (χ2v) is 8.33. The molecule has 154 valence electrons. The molecule has 3 aliphatic rings. The van der Waals surface area contributed by atoms with E-state index in [9.17, 15) is 9.59 Å². The molecule has 29 heavy (non-hydrogen) atoms. The minimum Gasteiger partial charge on any atom is -0.493 e. The number of likely N-dealkylation sites (tertiary alicyclic amines) is 1. The van der Waals surface area contributed by atoms with Gasteiger partial charge in [-0.15, -0.1) is 0 Å². The lowest BCUT2D eigenvalue weighted by Crippen LogP contribution is -2.55. The number of ether oxygens (including phenoxy) is 1. The standard InChI is InChI=1S/C23H29N3O3/c1-4-5-16(2)15-26-21(27)23(24-22(26)28)9-11-25(12-10-23)17(3)19-7-6-18-8-13-29-20(18)14-19/h4-7,14,17H,1,8-13,15H2,2-3H3,(H,24,28)/b16-5+. The van der Waals surface area contributed by atoms with Gasteiger partial charge in [-0.3, -0.25) is 14.6 Å². The Morgan fingerprint density at radius 1 is 1.34 bits per heavy atom. The second kappa shape index (κ2) is 7.67. The van der Waals surface area contributed by atoms with Crippen molar-refractivity contribution in [1.82, 2.24) is 15.1 Å². The van der Waals surface area contributed by atoms with Crippen LogP contribution in [0.1, 0.15) is 43.9 Å². The third-order valence-electron chi connectivity index (χ3n) is 6.46. The van der Waals surface area contributed by atoms with Crippen LogP contribution >= 0.6 is 0 Å². The molecule has 3 amide bonds. The van der Waals surface area contributed by atoms with E-state index in [-0.39, 0.29) is 18.0 Å². The highest BCUT2D eigenvalue weighted by Gasteiger charge is 2.52. The number of fused-ring (bicyclic) bond motifs is 1. The number of benzene rings is 1. The number of rotatable bonds is 5. The van der Waals surface area contributed by atoms with Gasteiger partial charge in [-0.1, -0.05) is 36.4 Å². The fourth-order valence-corrected chi connectivity index (χ4v) is 4.61. The smallest absolute Gasteiger partial charge is 0.325 e. The minimum absolute atomic E-state index is 0.0995.